The van der Waals surface area contributed by atoms with Gasteiger partial charge in [-0.05, 0) is 45.8 Å². The number of fused-ring (bicyclic) bond motifs is 5. The molecule has 0 fully saturated rings. The molecule has 3 nitrogen and oxygen atoms in total. The van der Waals surface area contributed by atoms with E-state index >= 15 is 0 Å². The summed E-state index contributed by atoms with van der Waals surface area (Å²) < 4.78 is 10.9. The molecule has 0 radical (unpaired) electrons. The molecule has 1 aliphatic rings. The van der Waals surface area contributed by atoms with Gasteiger partial charge in [0.1, 0.15) is 5.75 Å². The Hall–Kier alpha value is -2.68. The molecule has 1 N–H and O–H groups in total. The van der Waals surface area contributed by atoms with E-state index in [-0.39, 0.29) is 11.2 Å². The topological polar surface area (TPSA) is 38.7 Å². The van der Waals surface area contributed by atoms with Crippen molar-refractivity contribution in [2.24, 2.45) is 0 Å². The summed E-state index contributed by atoms with van der Waals surface area (Å²) in [6, 6.07) is 14.1. The maximum absolute atomic E-state index is 10.6. The van der Waals surface area contributed by atoms with Gasteiger partial charge in [0.05, 0.1) is 14.2 Å². The van der Waals surface area contributed by atoms with Crippen molar-refractivity contribution >= 4 is 10.8 Å². The maximum atomic E-state index is 10.6. The minimum atomic E-state index is -0.148. The van der Waals surface area contributed by atoms with Gasteiger partial charge in [-0.25, -0.2) is 0 Å². The second kappa shape index (κ2) is 4.91. The number of benzene rings is 3. The minimum absolute atomic E-state index is 0.148. The third-order valence-electron chi connectivity index (χ3n) is 5.16. The van der Waals surface area contributed by atoms with Crippen LogP contribution in [0.5, 0.6) is 17.2 Å². The van der Waals surface area contributed by atoms with Crippen molar-refractivity contribution in [2.45, 2.75) is 19.3 Å². The van der Waals surface area contributed by atoms with Gasteiger partial charge >= 0.3 is 0 Å². The molecule has 0 amide bonds. The Morgan fingerprint density at radius 3 is 2.12 bits per heavy atom. The maximum Gasteiger partial charge on any atom is 0.161 e. The van der Waals surface area contributed by atoms with Crippen LogP contribution in [0.25, 0.3) is 21.9 Å². The van der Waals surface area contributed by atoms with E-state index in [0.717, 1.165) is 16.3 Å². The number of rotatable bonds is 2. The van der Waals surface area contributed by atoms with E-state index in [4.69, 9.17) is 9.47 Å². The molecule has 3 heteroatoms. The van der Waals surface area contributed by atoms with Crippen LogP contribution in [0.3, 0.4) is 0 Å². The quantitative estimate of drug-likeness (QED) is 0.732. The number of phenolic OH excluding ortho intramolecular Hbond substituents is 1. The summed E-state index contributed by atoms with van der Waals surface area (Å²) in [5, 5.41) is 12.4. The van der Waals surface area contributed by atoms with Crippen LogP contribution in [0.15, 0.2) is 42.5 Å². The molecule has 0 atom stereocenters. The number of ether oxygens (including phenoxy) is 2. The van der Waals surface area contributed by atoms with E-state index in [1.165, 1.54) is 16.7 Å². The van der Waals surface area contributed by atoms with Gasteiger partial charge in [0, 0.05) is 10.8 Å². The van der Waals surface area contributed by atoms with Crippen molar-refractivity contribution in [2.75, 3.05) is 14.2 Å². The Morgan fingerprint density at radius 2 is 1.46 bits per heavy atom. The lowest BCUT2D eigenvalue weighted by Crippen LogP contribution is -2.14. The first-order chi connectivity index (χ1) is 11.5. The van der Waals surface area contributed by atoms with E-state index in [1.54, 1.807) is 14.2 Å². The molecule has 24 heavy (non-hydrogen) atoms. The molecule has 3 aromatic carbocycles. The Bertz CT molecular complexity index is 970. The van der Waals surface area contributed by atoms with Crippen LogP contribution in [-0.2, 0) is 5.41 Å². The lowest BCUT2D eigenvalue weighted by atomic mass is 9.82. The van der Waals surface area contributed by atoms with Crippen LogP contribution in [0.1, 0.15) is 25.0 Å². The smallest absolute Gasteiger partial charge is 0.161 e. The Balaban J connectivity index is 2.18. The molecule has 0 heterocycles. The highest BCUT2D eigenvalue weighted by atomic mass is 16.5. The number of hydrogen-bond acceptors (Lipinski definition) is 3. The summed E-state index contributed by atoms with van der Waals surface area (Å²) in [5.41, 5.74) is 4.66. The molecular formula is C21H20O3. The van der Waals surface area contributed by atoms with Crippen LogP contribution in [0, 0.1) is 0 Å². The van der Waals surface area contributed by atoms with Crippen LogP contribution >= 0.6 is 0 Å². The van der Waals surface area contributed by atoms with Gasteiger partial charge in [0.25, 0.3) is 0 Å². The van der Waals surface area contributed by atoms with Gasteiger partial charge < -0.3 is 14.6 Å². The van der Waals surface area contributed by atoms with Crippen molar-refractivity contribution < 1.29 is 14.6 Å². The largest absolute Gasteiger partial charge is 0.507 e. The normalized spacial score (nSPS) is 14.3. The lowest BCUT2D eigenvalue weighted by molar-refractivity contribution is 0.355. The standard InChI is InChI=1S/C21H20O3/c1-21(2)15-8-6-5-7-12(15)20-14-10-19(24-4)18(23-3)9-13(14)17(22)11-16(20)21/h5-11,22H,1-4H3. The van der Waals surface area contributed by atoms with Crippen molar-refractivity contribution in [1.82, 2.24) is 0 Å². The van der Waals surface area contributed by atoms with Crippen LogP contribution in [0.2, 0.25) is 0 Å². The number of phenols is 1. The molecule has 1 aliphatic carbocycles. The highest BCUT2D eigenvalue weighted by Crippen LogP contribution is 2.54. The zero-order valence-electron chi connectivity index (χ0n) is 14.3. The van der Waals surface area contributed by atoms with Crippen molar-refractivity contribution in [1.29, 1.82) is 0 Å². The van der Waals surface area contributed by atoms with E-state index in [1.807, 2.05) is 18.2 Å². The molecule has 0 saturated carbocycles. The van der Waals surface area contributed by atoms with Crippen LogP contribution < -0.4 is 9.47 Å². The molecule has 4 rings (SSSR count). The predicted molar refractivity (Wildman–Crippen MR) is 96.3 cm³/mol. The van der Waals surface area contributed by atoms with Crippen molar-refractivity contribution in [3.63, 3.8) is 0 Å². The van der Waals surface area contributed by atoms with Gasteiger partial charge in [-0.3, -0.25) is 0 Å². The van der Waals surface area contributed by atoms with Gasteiger partial charge in [-0.1, -0.05) is 38.1 Å². The number of methoxy groups -OCH3 is 2. The minimum Gasteiger partial charge on any atom is -0.507 e. The molecule has 0 aromatic heterocycles. The first kappa shape index (κ1) is 14.9. The predicted octanol–water partition coefficient (Wildman–Crippen LogP) is 4.87. The summed E-state index contributed by atoms with van der Waals surface area (Å²) in [5.74, 6) is 1.55. The summed E-state index contributed by atoms with van der Waals surface area (Å²) in [7, 11) is 3.23. The number of aromatic hydroxyl groups is 1. The fourth-order valence-corrected chi connectivity index (χ4v) is 3.90. The van der Waals surface area contributed by atoms with E-state index in [2.05, 4.69) is 38.1 Å². The van der Waals surface area contributed by atoms with E-state index in [0.29, 0.717) is 11.5 Å². The molecule has 0 aliphatic heterocycles. The molecule has 0 bridgehead atoms. The molecular weight excluding hydrogens is 300 g/mol. The molecule has 0 saturated heterocycles. The van der Waals surface area contributed by atoms with E-state index < -0.39 is 0 Å². The first-order valence-electron chi connectivity index (χ1n) is 8.01. The second-order valence-electron chi connectivity index (χ2n) is 6.74. The molecule has 3 aromatic rings. The highest BCUT2D eigenvalue weighted by molar-refractivity contribution is 6.06. The average Bonchev–Trinajstić information content (AvgIpc) is 2.82. The fraction of sp³-hybridized carbons (Fsp3) is 0.238. The summed E-state index contributed by atoms with van der Waals surface area (Å²) >= 11 is 0. The van der Waals surface area contributed by atoms with Crippen LogP contribution in [-0.4, -0.2) is 19.3 Å². The molecule has 0 unspecified atom stereocenters. The summed E-state index contributed by atoms with van der Waals surface area (Å²) in [6.07, 6.45) is 0. The monoisotopic (exact) mass is 320 g/mol. The molecule has 0 spiro atoms. The zero-order chi connectivity index (χ0) is 17.1. The third-order valence-corrected chi connectivity index (χ3v) is 5.16. The Morgan fingerprint density at radius 1 is 0.833 bits per heavy atom. The Kier molecular flexibility index (Phi) is 3.04. The average molecular weight is 320 g/mol. The number of hydrogen-bond donors (Lipinski definition) is 1. The van der Waals surface area contributed by atoms with Crippen molar-refractivity contribution in [3.05, 3.63) is 53.6 Å². The van der Waals surface area contributed by atoms with Crippen LogP contribution in [0.4, 0.5) is 0 Å². The highest BCUT2D eigenvalue weighted by Gasteiger charge is 2.37. The SMILES string of the molecule is COc1cc2c(O)cc3c(c2cc1OC)-c1ccccc1C3(C)C. The fourth-order valence-electron chi connectivity index (χ4n) is 3.90. The first-order valence-corrected chi connectivity index (χ1v) is 8.01. The summed E-state index contributed by atoms with van der Waals surface area (Å²) in [6.45, 7) is 4.40. The van der Waals surface area contributed by atoms with Gasteiger partial charge in [-0.2, -0.15) is 0 Å². The second-order valence-corrected chi connectivity index (χ2v) is 6.74. The van der Waals surface area contributed by atoms with Gasteiger partial charge in [0.15, 0.2) is 11.5 Å². The van der Waals surface area contributed by atoms with Gasteiger partial charge in [0.2, 0.25) is 0 Å². The molecule has 122 valence electrons. The third kappa shape index (κ3) is 1.78. The van der Waals surface area contributed by atoms with E-state index in [9.17, 15) is 5.11 Å². The summed E-state index contributed by atoms with van der Waals surface area (Å²) in [4.78, 5) is 0. The lowest BCUT2D eigenvalue weighted by Gasteiger charge is -2.22. The van der Waals surface area contributed by atoms with Gasteiger partial charge in [-0.15, -0.1) is 0 Å². The Labute approximate surface area is 141 Å². The zero-order valence-corrected chi connectivity index (χ0v) is 14.3. The van der Waals surface area contributed by atoms with Crippen molar-refractivity contribution in [3.8, 4) is 28.4 Å².